The van der Waals surface area contributed by atoms with E-state index < -0.39 is 0 Å². The van der Waals surface area contributed by atoms with Crippen LogP contribution >= 0.6 is 11.3 Å². The van der Waals surface area contributed by atoms with Crippen LogP contribution in [0.5, 0.6) is 0 Å². The highest BCUT2D eigenvalue weighted by Crippen LogP contribution is 2.25. The number of quaternary nitrogens is 1. The molecule has 1 heterocycles. The minimum absolute atomic E-state index is 0. The maximum Gasteiger partial charge on any atom is 0.195 e. The number of rotatable bonds is 7. The molecule has 26 heavy (non-hydrogen) atoms. The van der Waals surface area contributed by atoms with Gasteiger partial charge >= 0.3 is 0 Å². The molecule has 1 aromatic heterocycles. The molecule has 0 aliphatic carbocycles. The smallest absolute Gasteiger partial charge is 0.195 e. The van der Waals surface area contributed by atoms with Gasteiger partial charge in [0.05, 0.1) is 40.4 Å². The van der Waals surface area contributed by atoms with Crippen molar-refractivity contribution in [1.29, 1.82) is 0 Å². The second kappa shape index (κ2) is 9.26. The molecule has 5 heteroatoms. The van der Waals surface area contributed by atoms with Gasteiger partial charge in [-0.2, -0.15) is 0 Å². The van der Waals surface area contributed by atoms with Crippen LogP contribution in [0.25, 0.3) is 20.2 Å². The number of benzene rings is 2. The molecule has 0 spiro atoms. The van der Waals surface area contributed by atoms with Crippen molar-refractivity contribution in [1.82, 2.24) is 0 Å². The first kappa shape index (κ1) is 21.3. The van der Waals surface area contributed by atoms with Crippen LogP contribution in [0.15, 0.2) is 47.3 Å². The van der Waals surface area contributed by atoms with Gasteiger partial charge in [-0.3, -0.25) is 4.79 Å². The lowest BCUT2D eigenvalue weighted by Gasteiger charge is -2.27. The minimum atomic E-state index is 0. The molecule has 0 aliphatic rings. The summed E-state index contributed by atoms with van der Waals surface area (Å²) >= 11 is 1.67. The molecule has 0 unspecified atom stereocenters. The second-order valence-corrected chi connectivity index (χ2v) is 8.22. The SMILES string of the molecule is CC[N+](C)(C)CCCOCc1ccc2sc3ccccc3c(=O)c2c1.[I-]. The van der Waals surface area contributed by atoms with Gasteiger partial charge in [0.25, 0.3) is 0 Å². The fraction of sp³-hybridized carbons (Fsp3) is 0.381. The Morgan fingerprint density at radius 2 is 1.77 bits per heavy atom. The van der Waals surface area contributed by atoms with Gasteiger partial charge in [-0.25, -0.2) is 0 Å². The van der Waals surface area contributed by atoms with Gasteiger partial charge in [-0.1, -0.05) is 18.2 Å². The number of fused-ring (bicyclic) bond motifs is 2. The average Bonchev–Trinajstić information content (AvgIpc) is 2.62. The van der Waals surface area contributed by atoms with Crippen LogP contribution in [-0.4, -0.2) is 38.3 Å². The lowest BCUT2D eigenvalue weighted by molar-refractivity contribution is -0.888. The predicted octanol–water partition coefficient (Wildman–Crippen LogP) is 1.42. The zero-order valence-electron chi connectivity index (χ0n) is 15.6. The average molecular weight is 483 g/mol. The molecule has 0 saturated carbocycles. The Kier molecular flexibility index (Phi) is 7.58. The van der Waals surface area contributed by atoms with E-state index in [-0.39, 0.29) is 29.4 Å². The van der Waals surface area contributed by atoms with E-state index in [2.05, 4.69) is 27.1 Å². The van der Waals surface area contributed by atoms with Crippen molar-refractivity contribution in [2.24, 2.45) is 0 Å². The van der Waals surface area contributed by atoms with Crippen molar-refractivity contribution >= 4 is 31.5 Å². The van der Waals surface area contributed by atoms with Crippen molar-refractivity contribution in [3.63, 3.8) is 0 Å². The van der Waals surface area contributed by atoms with Gasteiger partial charge in [0.1, 0.15) is 0 Å². The maximum absolute atomic E-state index is 12.7. The molecule has 0 amide bonds. The van der Waals surface area contributed by atoms with Crippen LogP contribution in [0.3, 0.4) is 0 Å². The molecule has 3 nitrogen and oxygen atoms in total. The third-order valence-corrected chi connectivity index (χ3v) is 5.97. The van der Waals surface area contributed by atoms with Crippen molar-refractivity contribution in [3.8, 4) is 0 Å². The second-order valence-electron chi connectivity index (χ2n) is 7.14. The van der Waals surface area contributed by atoms with E-state index in [0.717, 1.165) is 56.3 Å². The highest BCUT2D eigenvalue weighted by Gasteiger charge is 2.10. The number of halogens is 1. The molecule has 2 aromatic carbocycles. The van der Waals surface area contributed by atoms with Gasteiger partial charge in [-0.05, 0) is 36.8 Å². The number of ether oxygens (including phenoxy) is 1. The molecule has 0 atom stereocenters. The third-order valence-electron chi connectivity index (χ3n) is 4.82. The maximum atomic E-state index is 12.7. The predicted molar refractivity (Wildman–Crippen MR) is 107 cm³/mol. The molecule has 0 aliphatic heterocycles. The summed E-state index contributed by atoms with van der Waals surface area (Å²) in [6.45, 7) is 5.77. The Morgan fingerprint density at radius 1 is 1.04 bits per heavy atom. The number of hydrogen-bond donors (Lipinski definition) is 0. The molecular weight excluding hydrogens is 457 g/mol. The van der Waals surface area contributed by atoms with Gasteiger partial charge < -0.3 is 33.2 Å². The van der Waals surface area contributed by atoms with Crippen LogP contribution in [0.1, 0.15) is 18.9 Å². The minimum Gasteiger partial charge on any atom is -1.00 e. The largest absolute Gasteiger partial charge is 1.00 e. The zero-order chi connectivity index (χ0) is 17.9. The van der Waals surface area contributed by atoms with E-state index in [0.29, 0.717) is 6.61 Å². The number of nitrogens with zero attached hydrogens (tertiary/aromatic N) is 1. The fourth-order valence-corrected chi connectivity index (χ4v) is 3.93. The monoisotopic (exact) mass is 483 g/mol. The Bertz CT molecular complexity index is 936. The molecule has 3 rings (SSSR count). The third kappa shape index (κ3) is 5.03. The summed E-state index contributed by atoms with van der Waals surface area (Å²) < 4.78 is 8.93. The summed E-state index contributed by atoms with van der Waals surface area (Å²) in [6, 6.07) is 13.9. The summed E-state index contributed by atoms with van der Waals surface area (Å²) in [5, 5.41) is 1.60. The highest BCUT2D eigenvalue weighted by atomic mass is 127. The van der Waals surface area contributed by atoms with E-state index in [1.165, 1.54) is 0 Å². The summed E-state index contributed by atoms with van der Waals surface area (Å²) in [6.07, 6.45) is 1.05. The molecule has 140 valence electrons. The first-order valence-corrected chi connectivity index (χ1v) is 9.66. The van der Waals surface area contributed by atoms with Crippen molar-refractivity contribution in [3.05, 3.63) is 58.3 Å². The lowest BCUT2D eigenvalue weighted by Crippen LogP contribution is -3.00. The van der Waals surface area contributed by atoms with E-state index in [1.807, 2.05) is 36.4 Å². The molecule has 0 N–H and O–H groups in total. The van der Waals surface area contributed by atoms with E-state index >= 15 is 0 Å². The summed E-state index contributed by atoms with van der Waals surface area (Å²) in [5.41, 5.74) is 1.18. The Balaban J connectivity index is 0.00000243. The van der Waals surface area contributed by atoms with Crippen LogP contribution < -0.4 is 29.4 Å². The van der Waals surface area contributed by atoms with Crippen LogP contribution in [0.4, 0.5) is 0 Å². The lowest BCUT2D eigenvalue weighted by atomic mass is 10.1. The quantitative estimate of drug-likeness (QED) is 0.220. The van der Waals surface area contributed by atoms with Gasteiger partial charge in [0.2, 0.25) is 0 Å². The molecule has 0 radical (unpaired) electrons. The summed E-state index contributed by atoms with van der Waals surface area (Å²) in [4.78, 5) is 12.7. The molecular formula is C21H26INO2S. The Morgan fingerprint density at radius 3 is 2.54 bits per heavy atom. The molecule has 0 saturated heterocycles. The van der Waals surface area contributed by atoms with Gasteiger partial charge in [-0.15, -0.1) is 11.3 Å². The summed E-state index contributed by atoms with van der Waals surface area (Å²) in [5.74, 6) is 0. The topological polar surface area (TPSA) is 26.3 Å². The van der Waals surface area contributed by atoms with Gasteiger partial charge in [0, 0.05) is 26.6 Å². The fourth-order valence-electron chi connectivity index (χ4n) is 2.88. The van der Waals surface area contributed by atoms with Crippen LogP contribution in [0.2, 0.25) is 0 Å². The standard InChI is InChI=1S/C21H26NO2S.HI/c1-4-22(2,3)12-7-13-24-15-16-10-11-20-18(14-16)21(23)17-8-5-6-9-19(17)25-20;/h5-6,8-11,14H,4,7,12-13,15H2,1-3H3;1H/q+1;/p-1. The molecule has 3 aromatic rings. The number of hydrogen-bond acceptors (Lipinski definition) is 3. The summed E-state index contributed by atoms with van der Waals surface area (Å²) in [7, 11) is 4.48. The molecule has 0 fully saturated rings. The van der Waals surface area contributed by atoms with Crippen molar-refractivity contribution in [2.45, 2.75) is 20.0 Å². The van der Waals surface area contributed by atoms with Gasteiger partial charge in [0.15, 0.2) is 5.43 Å². The Hall–Kier alpha value is -1.02. The normalized spacial score (nSPS) is 11.7. The zero-order valence-corrected chi connectivity index (χ0v) is 18.6. The Labute approximate surface area is 176 Å². The van der Waals surface area contributed by atoms with Crippen LogP contribution in [0, 0.1) is 0 Å². The van der Waals surface area contributed by atoms with E-state index in [9.17, 15) is 4.79 Å². The van der Waals surface area contributed by atoms with Crippen molar-refractivity contribution in [2.75, 3.05) is 33.8 Å². The molecule has 0 bridgehead atoms. The first-order chi connectivity index (χ1) is 12.0. The van der Waals surface area contributed by atoms with Crippen LogP contribution in [-0.2, 0) is 11.3 Å². The van der Waals surface area contributed by atoms with E-state index in [1.54, 1.807) is 11.3 Å². The highest BCUT2D eigenvalue weighted by molar-refractivity contribution is 7.24. The van der Waals surface area contributed by atoms with E-state index in [4.69, 9.17) is 4.74 Å². The van der Waals surface area contributed by atoms with Crippen molar-refractivity contribution < 1.29 is 33.2 Å². The first-order valence-electron chi connectivity index (χ1n) is 8.84.